The Labute approximate surface area is 107 Å². The molecule has 1 rings (SSSR count). The lowest BCUT2D eigenvalue weighted by Crippen LogP contribution is -2.31. The summed E-state index contributed by atoms with van der Waals surface area (Å²) < 4.78 is 26.5. The van der Waals surface area contributed by atoms with E-state index in [1.807, 2.05) is 6.92 Å². The van der Waals surface area contributed by atoms with Gasteiger partial charge < -0.3 is 5.73 Å². The molecule has 0 unspecified atom stereocenters. The first-order chi connectivity index (χ1) is 8.06. The second-order valence-electron chi connectivity index (χ2n) is 3.78. The standard InChI is InChI=1S/C11H20N2O2S2/c1-3-5-8-13(4-2)17(14,15)11-7-6-10(9-12)16-11/h6-7H,3-5,8-9,12H2,1-2H3. The maximum absolute atomic E-state index is 12.3. The first kappa shape index (κ1) is 14.6. The molecule has 0 radical (unpaired) electrons. The molecule has 0 aliphatic carbocycles. The van der Waals surface area contributed by atoms with Gasteiger partial charge in [0.05, 0.1) is 0 Å². The molecule has 1 aromatic heterocycles. The quantitative estimate of drug-likeness (QED) is 0.828. The fraction of sp³-hybridized carbons (Fsp3) is 0.636. The van der Waals surface area contributed by atoms with E-state index < -0.39 is 10.0 Å². The molecule has 0 aliphatic heterocycles. The molecular weight excluding hydrogens is 256 g/mol. The van der Waals surface area contributed by atoms with Gasteiger partial charge in [0.2, 0.25) is 0 Å². The van der Waals surface area contributed by atoms with Gasteiger partial charge in [-0.2, -0.15) is 4.31 Å². The van der Waals surface area contributed by atoms with Crippen LogP contribution in [0.4, 0.5) is 0 Å². The third-order valence-corrected chi connectivity index (χ3v) is 6.10. The average Bonchev–Trinajstić information content (AvgIpc) is 2.79. The first-order valence-corrected chi connectivity index (χ1v) is 8.10. The van der Waals surface area contributed by atoms with Gasteiger partial charge in [0, 0.05) is 24.5 Å². The summed E-state index contributed by atoms with van der Waals surface area (Å²) >= 11 is 1.26. The summed E-state index contributed by atoms with van der Waals surface area (Å²) in [5, 5.41) is 0. The Morgan fingerprint density at radius 1 is 1.35 bits per heavy atom. The fourth-order valence-corrected chi connectivity index (χ4v) is 4.39. The maximum Gasteiger partial charge on any atom is 0.252 e. The Bertz CT molecular complexity index is 440. The van der Waals surface area contributed by atoms with Crippen molar-refractivity contribution in [2.75, 3.05) is 13.1 Å². The molecule has 2 N–H and O–H groups in total. The second-order valence-corrected chi connectivity index (χ2v) is 7.11. The van der Waals surface area contributed by atoms with Crippen LogP contribution in [0.5, 0.6) is 0 Å². The van der Waals surface area contributed by atoms with Crippen LogP contribution >= 0.6 is 11.3 Å². The lowest BCUT2D eigenvalue weighted by atomic mass is 10.3. The van der Waals surface area contributed by atoms with Crippen LogP contribution < -0.4 is 5.73 Å². The molecule has 17 heavy (non-hydrogen) atoms. The topological polar surface area (TPSA) is 63.4 Å². The maximum atomic E-state index is 12.3. The van der Waals surface area contributed by atoms with Crippen molar-refractivity contribution in [3.8, 4) is 0 Å². The minimum atomic E-state index is -3.32. The molecule has 1 aromatic rings. The SMILES string of the molecule is CCCCN(CC)S(=O)(=O)c1ccc(CN)s1. The molecule has 0 saturated carbocycles. The number of rotatable bonds is 7. The predicted octanol–water partition coefficient (Wildman–Crippen LogP) is 2.02. The smallest absolute Gasteiger partial charge is 0.252 e. The molecular formula is C11H20N2O2S2. The molecule has 0 saturated heterocycles. The normalized spacial score (nSPS) is 12.2. The number of nitrogens with two attached hydrogens (primary N) is 1. The minimum absolute atomic E-state index is 0.390. The highest BCUT2D eigenvalue weighted by Gasteiger charge is 2.24. The van der Waals surface area contributed by atoms with Crippen molar-refractivity contribution in [3.63, 3.8) is 0 Å². The number of hydrogen-bond acceptors (Lipinski definition) is 4. The van der Waals surface area contributed by atoms with E-state index in [9.17, 15) is 8.42 Å². The van der Waals surface area contributed by atoms with E-state index in [1.165, 1.54) is 15.6 Å². The highest BCUT2D eigenvalue weighted by Crippen LogP contribution is 2.24. The Morgan fingerprint density at radius 2 is 2.06 bits per heavy atom. The van der Waals surface area contributed by atoms with Crippen LogP contribution in [0.25, 0.3) is 0 Å². The molecule has 4 nitrogen and oxygen atoms in total. The highest BCUT2D eigenvalue weighted by atomic mass is 32.2. The molecule has 0 bridgehead atoms. The van der Waals surface area contributed by atoms with Crippen LogP contribution in [-0.2, 0) is 16.6 Å². The zero-order valence-electron chi connectivity index (χ0n) is 10.3. The van der Waals surface area contributed by atoms with Gasteiger partial charge in [-0.05, 0) is 18.6 Å². The van der Waals surface area contributed by atoms with E-state index in [0.29, 0.717) is 23.8 Å². The predicted molar refractivity (Wildman–Crippen MR) is 71.6 cm³/mol. The van der Waals surface area contributed by atoms with Crippen LogP contribution in [0.2, 0.25) is 0 Å². The Kier molecular flexibility index (Phi) is 5.58. The number of hydrogen-bond donors (Lipinski definition) is 1. The highest BCUT2D eigenvalue weighted by molar-refractivity contribution is 7.91. The lowest BCUT2D eigenvalue weighted by Gasteiger charge is -2.18. The molecule has 98 valence electrons. The third kappa shape index (κ3) is 3.51. The number of thiophene rings is 1. The van der Waals surface area contributed by atoms with E-state index in [2.05, 4.69) is 6.92 Å². The molecule has 0 aliphatic rings. The van der Waals surface area contributed by atoms with E-state index in [1.54, 1.807) is 12.1 Å². The monoisotopic (exact) mass is 276 g/mol. The summed E-state index contributed by atoms with van der Waals surface area (Å²) in [4.78, 5) is 0.898. The van der Waals surface area contributed by atoms with E-state index >= 15 is 0 Å². The largest absolute Gasteiger partial charge is 0.326 e. The van der Waals surface area contributed by atoms with Crippen LogP contribution in [0.15, 0.2) is 16.3 Å². The molecule has 6 heteroatoms. The molecule has 0 amide bonds. The van der Waals surface area contributed by atoms with Gasteiger partial charge in [0.25, 0.3) is 10.0 Å². The molecule has 0 atom stereocenters. The number of nitrogens with zero attached hydrogens (tertiary/aromatic N) is 1. The summed E-state index contributed by atoms with van der Waals surface area (Å²) in [6.07, 6.45) is 1.88. The summed E-state index contributed by atoms with van der Waals surface area (Å²) in [5.74, 6) is 0. The van der Waals surface area contributed by atoms with Crippen LogP contribution in [0.1, 0.15) is 31.6 Å². The van der Waals surface area contributed by atoms with Crippen molar-refractivity contribution in [3.05, 3.63) is 17.0 Å². The molecule has 1 heterocycles. The van der Waals surface area contributed by atoms with Crippen molar-refractivity contribution in [1.82, 2.24) is 4.31 Å². The van der Waals surface area contributed by atoms with E-state index in [-0.39, 0.29) is 0 Å². The van der Waals surface area contributed by atoms with E-state index in [0.717, 1.165) is 17.7 Å². The van der Waals surface area contributed by atoms with Gasteiger partial charge in [0.15, 0.2) is 0 Å². The molecule has 0 spiro atoms. The van der Waals surface area contributed by atoms with Crippen molar-refractivity contribution in [2.24, 2.45) is 5.73 Å². The number of sulfonamides is 1. The Balaban J connectivity index is 2.91. The summed E-state index contributed by atoms with van der Waals surface area (Å²) in [6.45, 7) is 5.41. The fourth-order valence-electron chi connectivity index (χ4n) is 1.52. The van der Waals surface area contributed by atoms with Gasteiger partial charge in [-0.25, -0.2) is 8.42 Å². The summed E-state index contributed by atoms with van der Waals surface area (Å²) in [7, 11) is -3.32. The third-order valence-electron chi connectivity index (χ3n) is 2.55. The lowest BCUT2D eigenvalue weighted by molar-refractivity contribution is 0.420. The summed E-state index contributed by atoms with van der Waals surface area (Å²) in [6, 6.07) is 3.43. The average molecular weight is 276 g/mol. The van der Waals surface area contributed by atoms with Gasteiger partial charge in [-0.15, -0.1) is 11.3 Å². The van der Waals surface area contributed by atoms with Gasteiger partial charge in [-0.1, -0.05) is 20.3 Å². The first-order valence-electron chi connectivity index (χ1n) is 5.85. The van der Waals surface area contributed by atoms with Crippen molar-refractivity contribution in [2.45, 2.75) is 37.4 Å². The number of unbranched alkanes of at least 4 members (excludes halogenated alkanes) is 1. The van der Waals surface area contributed by atoms with Crippen molar-refractivity contribution < 1.29 is 8.42 Å². The van der Waals surface area contributed by atoms with Crippen molar-refractivity contribution in [1.29, 1.82) is 0 Å². The zero-order chi connectivity index (χ0) is 12.9. The van der Waals surface area contributed by atoms with Gasteiger partial charge in [-0.3, -0.25) is 0 Å². The van der Waals surface area contributed by atoms with Crippen LogP contribution in [0.3, 0.4) is 0 Å². The van der Waals surface area contributed by atoms with Crippen molar-refractivity contribution >= 4 is 21.4 Å². The summed E-state index contributed by atoms with van der Waals surface area (Å²) in [5.41, 5.74) is 5.50. The minimum Gasteiger partial charge on any atom is -0.326 e. The van der Waals surface area contributed by atoms with Crippen LogP contribution in [0, 0.1) is 0 Å². The van der Waals surface area contributed by atoms with Gasteiger partial charge >= 0.3 is 0 Å². The molecule has 0 fully saturated rings. The second kappa shape index (κ2) is 6.49. The van der Waals surface area contributed by atoms with E-state index in [4.69, 9.17) is 5.73 Å². The molecule has 0 aromatic carbocycles. The zero-order valence-corrected chi connectivity index (χ0v) is 12.0. The van der Waals surface area contributed by atoms with Crippen LogP contribution in [-0.4, -0.2) is 25.8 Å². The Morgan fingerprint density at radius 3 is 2.53 bits per heavy atom. The Hall–Kier alpha value is -0.430. The van der Waals surface area contributed by atoms with Gasteiger partial charge in [0.1, 0.15) is 4.21 Å².